The Kier molecular flexibility index (Phi) is 3.95. The van der Waals surface area contributed by atoms with Gasteiger partial charge in [-0.25, -0.2) is 0 Å². The number of rotatable bonds is 3. The van der Waals surface area contributed by atoms with Gasteiger partial charge in [-0.1, -0.05) is 0 Å². The fraction of sp³-hybridized carbons (Fsp3) is 0.600. The van der Waals surface area contributed by atoms with Crippen LogP contribution in [-0.2, 0) is 10.5 Å². The third-order valence-electron chi connectivity index (χ3n) is 3.61. The van der Waals surface area contributed by atoms with Crippen LogP contribution < -0.4 is 14.8 Å². The molecule has 0 amide bonds. The van der Waals surface area contributed by atoms with Gasteiger partial charge in [-0.05, 0) is 32.9 Å². The van der Waals surface area contributed by atoms with Gasteiger partial charge in [0, 0.05) is 17.2 Å². The average Bonchev–Trinajstić information content (AvgIpc) is 2.42. The van der Waals surface area contributed by atoms with Crippen LogP contribution in [0.4, 0.5) is 0 Å². The first-order chi connectivity index (χ1) is 9.30. The van der Waals surface area contributed by atoms with Crippen molar-refractivity contribution in [1.29, 1.82) is 0 Å². The first-order valence-electron chi connectivity index (χ1n) is 6.68. The van der Waals surface area contributed by atoms with Crippen molar-refractivity contribution in [1.82, 2.24) is 5.32 Å². The molecule has 1 aliphatic rings. The first kappa shape index (κ1) is 15.1. The molecule has 1 aliphatic heterocycles. The largest absolute Gasteiger partial charge is 0.497 e. The van der Waals surface area contributed by atoms with Gasteiger partial charge in [-0.3, -0.25) is 0 Å². The molecule has 1 heterocycles. The average molecular weight is 281 g/mol. The van der Waals surface area contributed by atoms with E-state index in [1.807, 2.05) is 20.8 Å². The number of ether oxygens (including phenoxy) is 3. The van der Waals surface area contributed by atoms with Crippen LogP contribution in [0.2, 0.25) is 0 Å². The Morgan fingerprint density at radius 1 is 1.20 bits per heavy atom. The van der Waals surface area contributed by atoms with Crippen molar-refractivity contribution in [2.45, 2.75) is 38.1 Å². The topological polar surface area (TPSA) is 60.0 Å². The van der Waals surface area contributed by atoms with E-state index in [-0.39, 0.29) is 11.6 Å². The number of methoxy groups -OCH3 is 2. The predicted octanol–water partition coefficient (Wildman–Crippen LogP) is 1.64. The monoisotopic (exact) mass is 281 g/mol. The molecule has 0 radical (unpaired) electrons. The smallest absolute Gasteiger partial charge is 0.208 e. The molecule has 0 spiro atoms. The summed E-state index contributed by atoms with van der Waals surface area (Å²) in [5, 5.41) is 14.3. The van der Waals surface area contributed by atoms with Crippen LogP contribution in [0.1, 0.15) is 26.3 Å². The summed E-state index contributed by atoms with van der Waals surface area (Å²) in [7, 11) is 3.16. The molecule has 1 saturated heterocycles. The minimum atomic E-state index is -1.41. The lowest BCUT2D eigenvalue weighted by Crippen LogP contribution is -2.63. The quantitative estimate of drug-likeness (QED) is 0.882. The SMILES string of the molecule is COc1cc(OC)cc(C2(O)OCC(C)(C)NC2C)c1. The van der Waals surface area contributed by atoms with Crippen LogP contribution in [0.25, 0.3) is 0 Å². The van der Waals surface area contributed by atoms with Crippen molar-refractivity contribution >= 4 is 0 Å². The number of benzene rings is 1. The van der Waals surface area contributed by atoms with Gasteiger partial charge in [0.25, 0.3) is 0 Å². The van der Waals surface area contributed by atoms with E-state index in [9.17, 15) is 5.11 Å². The van der Waals surface area contributed by atoms with E-state index in [1.54, 1.807) is 32.4 Å². The maximum atomic E-state index is 10.9. The highest BCUT2D eigenvalue weighted by molar-refractivity contribution is 5.41. The number of hydrogen-bond donors (Lipinski definition) is 2. The second-order valence-electron chi connectivity index (χ2n) is 5.84. The zero-order chi connectivity index (χ0) is 15.0. The standard InChI is InChI=1S/C15H23NO4/c1-10-15(17,20-9-14(2,3)16-10)11-6-12(18-4)8-13(7-11)19-5/h6-8,10,16-17H,9H2,1-5H3. The van der Waals surface area contributed by atoms with Gasteiger partial charge >= 0.3 is 0 Å². The molecule has 2 N–H and O–H groups in total. The molecule has 112 valence electrons. The maximum Gasteiger partial charge on any atom is 0.208 e. The Labute approximate surface area is 119 Å². The van der Waals surface area contributed by atoms with Gasteiger partial charge in [-0.15, -0.1) is 0 Å². The molecule has 0 saturated carbocycles. The Morgan fingerprint density at radius 2 is 1.75 bits per heavy atom. The van der Waals surface area contributed by atoms with E-state index in [2.05, 4.69) is 5.32 Å². The number of nitrogens with one attached hydrogen (secondary N) is 1. The van der Waals surface area contributed by atoms with Crippen molar-refractivity contribution in [3.05, 3.63) is 23.8 Å². The van der Waals surface area contributed by atoms with E-state index in [0.29, 0.717) is 23.7 Å². The summed E-state index contributed by atoms with van der Waals surface area (Å²) in [5.74, 6) is -0.168. The number of hydrogen-bond acceptors (Lipinski definition) is 5. The molecule has 1 aromatic rings. The number of morpholine rings is 1. The fourth-order valence-electron chi connectivity index (χ4n) is 2.49. The Morgan fingerprint density at radius 3 is 2.20 bits per heavy atom. The van der Waals surface area contributed by atoms with Crippen molar-refractivity contribution < 1.29 is 19.3 Å². The zero-order valence-electron chi connectivity index (χ0n) is 12.7. The van der Waals surface area contributed by atoms with Gasteiger partial charge < -0.3 is 24.6 Å². The van der Waals surface area contributed by atoms with Gasteiger partial charge in [-0.2, -0.15) is 0 Å². The van der Waals surface area contributed by atoms with E-state index in [1.165, 1.54) is 0 Å². The zero-order valence-corrected chi connectivity index (χ0v) is 12.7. The van der Waals surface area contributed by atoms with Crippen molar-refractivity contribution in [2.75, 3.05) is 20.8 Å². The molecule has 2 rings (SSSR count). The van der Waals surface area contributed by atoms with E-state index >= 15 is 0 Å². The summed E-state index contributed by atoms with van der Waals surface area (Å²) in [6, 6.07) is 5.03. The molecule has 20 heavy (non-hydrogen) atoms. The summed E-state index contributed by atoms with van der Waals surface area (Å²) in [5.41, 5.74) is 0.443. The van der Waals surface area contributed by atoms with Gasteiger partial charge in [0.1, 0.15) is 11.5 Å². The van der Waals surface area contributed by atoms with Crippen molar-refractivity contribution in [3.8, 4) is 11.5 Å². The summed E-state index contributed by atoms with van der Waals surface area (Å²) in [6.07, 6.45) is 0. The van der Waals surface area contributed by atoms with Crippen LogP contribution in [0.15, 0.2) is 18.2 Å². The molecule has 5 heteroatoms. The molecule has 5 nitrogen and oxygen atoms in total. The maximum absolute atomic E-state index is 10.9. The third-order valence-corrected chi connectivity index (χ3v) is 3.61. The lowest BCUT2D eigenvalue weighted by atomic mass is 9.92. The molecule has 0 aromatic heterocycles. The molecule has 1 aromatic carbocycles. The lowest BCUT2D eigenvalue weighted by molar-refractivity contribution is -0.263. The van der Waals surface area contributed by atoms with Gasteiger partial charge in [0.05, 0.1) is 26.9 Å². The summed E-state index contributed by atoms with van der Waals surface area (Å²) in [6.45, 7) is 6.38. The molecule has 0 aliphatic carbocycles. The van der Waals surface area contributed by atoms with E-state index in [0.717, 1.165) is 0 Å². The predicted molar refractivity (Wildman–Crippen MR) is 76.1 cm³/mol. The molecular weight excluding hydrogens is 258 g/mol. The normalized spacial score (nSPS) is 29.0. The van der Waals surface area contributed by atoms with Crippen LogP contribution in [0.3, 0.4) is 0 Å². The minimum Gasteiger partial charge on any atom is -0.497 e. The van der Waals surface area contributed by atoms with Crippen LogP contribution in [0, 0.1) is 0 Å². The third kappa shape index (κ3) is 2.75. The Hall–Kier alpha value is -1.30. The summed E-state index contributed by atoms with van der Waals surface area (Å²) in [4.78, 5) is 0. The molecular formula is C15H23NO4. The van der Waals surface area contributed by atoms with E-state index in [4.69, 9.17) is 14.2 Å². The van der Waals surface area contributed by atoms with E-state index < -0.39 is 5.79 Å². The van der Waals surface area contributed by atoms with Crippen molar-refractivity contribution in [3.63, 3.8) is 0 Å². The van der Waals surface area contributed by atoms with Crippen LogP contribution >= 0.6 is 0 Å². The molecule has 2 atom stereocenters. The molecule has 2 unspecified atom stereocenters. The summed E-state index contributed by atoms with van der Waals surface area (Å²) >= 11 is 0. The van der Waals surface area contributed by atoms with Crippen LogP contribution in [0.5, 0.6) is 11.5 Å². The van der Waals surface area contributed by atoms with Crippen molar-refractivity contribution in [2.24, 2.45) is 0 Å². The van der Waals surface area contributed by atoms with Crippen LogP contribution in [-0.4, -0.2) is 37.5 Å². The second kappa shape index (κ2) is 5.24. The molecule has 1 fully saturated rings. The summed E-state index contributed by atoms with van der Waals surface area (Å²) < 4.78 is 16.2. The fourth-order valence-corrected chi connectivity index (χ4v) is 2.49. The van der Waals surface area contributed by atoms with Gasteiger partial charge in [0.15, 0.2) is 0 Å². The highest BCUT2D eigenvalue weighted by Crippen LogP contribution is 2.36. The molecule has 0 bridgehead atoms. The minimum absolute atomic E-state index is 0.172. The highest BCUT2D eigenvalue weighted by atomic mass is 16.6. The van der Waals surface area contributed by atoms with Gasteiger partial charge in [0.2, 0.25) is 5.79 Å². The Balaban J connectivity index is 2.39. The first-order valence-corrected chi connectivity index (χ1v) is 6.68. The lowest BCUT2D eigenvalue weighted by Gasteiger charge is -2.46. The number of aliphatic hydroxyl groups is 1. The second-order valence-corrected chi connectivity index (χ2v) is 5.84. The highest BCUT2D eigenvalue weighted by Gasteiger charge is 2.45. The Bertz CT molecular complexity index is 467.